The lowest BCUT2D eigenvalue weighted by Crippen LogP contribution is -1.69. The Labute approximate surface area is 40.7 Å². The van der Waals surface area contributed by atoms with Crippen LogP contribution in [0.15, 0.2) is 12.2 Å². The van der Waals surface area contributed by atoms with Gasteiger partial charge in [0.2, 0.25) is 0 Å². The summed E-state index contributed by atoms with van der Waals surface area (Å²) in [6.07, 6.45) is 2.41. The zero-order valence-electron chi connectivity index (χ0n) is 4.62. The predicted octanol–water partition coefficient (Wildman–Crippen LogP) is 1.00. The maximum atomic E-state index is 3.74. The van der Waals surface area contributed by atoms with Crippen LogP contribution in [0.3, 0.4) is 0 Å². The molecule has 0 bridgehead atoms. The van der Waals surface area contributed by atoms with Crippen LogP contribution in [0, 0.1) is 0 Å². The summed E-state index contributed by atoms with van der Waals surface area (Å²) in [6, 6.07) is 0. The normalized spacial score (nSPS) is 8.17. The van der Waals surface area contributed by atoms with E-state index in [2.05, 4.69) is 21.3 Å². The topological polar surface area (TPSA) is 0 Å². The van der Waals surface area contributed by atoms with Crippen LogP contribution in [-0.2, 0) is 0 Å². The summed E-state index contributed by atoms with van der Waals surface area (Å²) < 4.78 is 0. The molecule has 1 heteroatoms. The molecule has 0 rings (SSSR count). The smallest absolute Gasteiger partial charge is 0.100 e. The van der Waals surface area contributed by atoms with E-state index in [0.717, 1.165) is 0 Å². The lowest BCUT2D eigenvalue weighted by Gasteiger charge is -1.87. The highest BCUT2D eigenvalue weighted by Gasteiger charge is 1.76. The standard InChI is InChI=1S/C5H11B/c1-5(2)3-4-6/h1,3-4,6H2,2H3. The van der Waals surface area contributed by atoms with Crippen LogP contribution >= 0.6 is 0 Å². The van der Waals surface area contributed by atoms with Gasteiger partial charge in [-0.25, -0.2) is 0 Å². The van der Waals surface area contributed by atoms with Gasteiger partial charge in [-0.15, -0.1) is 6.58 Å². The maximum Gasteiger partial charge on any atom is 0.101 e. The second-order valence-electron chi connectivity index (χ2n) is 1.71. The highest BCUT2D eigenvalue weighted by molar-refractivity contribution is 6.08. The Morgan fingerprint density at radius 1 is 1.83 bits per heavy atom. The van der Waals surface area contributed by atoms with Crippen molar-refractivity contribution >= 4 is 7.85 Å². The molecule has 0 radical (unpaired) electrons. The van der Waals surface area contributed by atoms with Gasteiger partial charge in [0.1, 0.15) is 7.85 Å². The van der Waals surface area contributed by atoms with Gasteiger partial charge in [-0.3, -0.25) is 0 Å². The van der Waals surface area contributed by atoms with Gasteiger partial charge in [0.15, 0.2) is 0 Å². The van der Waals surface area contributed by atoms with E-state index in [4.69, 9.17) is 0 Å². The molecule has 0 N–H and O–H groups in total. The maximum absolute atomic E-state index is 3.74. The molecular weight excluding hydrogens is 70.9 g/mol. The fourth-order valence-corrected chi connectivity index (χ4v) is 0.427. The highest BCUT2D eigenvalue weighted by atomic mass is 13.8. The van der Waals surface area contributed by atoms with Crippen LogP contribution in [-0.4, -0.2) is 7.85 Å². The first kappa shape index (κ1) is 5.80. The number of hydrogen-bond acceptors (Lipinski definition) is 0. The van der Waals surface area contributed by atoms with Crippen LogP contribution in [0.5, 0.6) is 0 Å². The number of rotatable bonds is 2. The van der Waals surface area contributed by atoms with Crippen molar-refractivity contribution in [2.75, 3.05) is 0 Å². The Morgan fingerprint density at radius 3 is 2.33 bits per heavy atom. The zero-order chi connectivity index (χ0) is 4.99. The predicted molar refractivity (Wildman–Crippen MR) is 32.8 cm³/mol. The van der Waals surface area contributed by atoms with Crippen LogP contribution in [0.25, 0.3) is 0 Å². The Balaban J connectivity index is 2.83. The van der Waals surface area contributed by atoms with Gasteiger partial charge in [-0.2, -0.15) is 0 Å². The molecule has 0 aromatic heterocycles. The second-order valence-corrected chi connectivity index (χ2v) is 1.71. The Morgan fingerprint density at radius 2 is 2.33 bits per heavy atom. The molecule has 0 aromatic rings. The molecule has 34 valence electrons. The third-order valence-electron chi connectivity index (χ3n) is 0.677. The summed E-state index contributed by atoms with van der Waals surface area (Å²) in [5.74, 6) is 0. The van der Waals surface area contributed by atoms with Crippen molar-refractivity contribution in [3.8, 4) is 0 Å². The van der Waals surface area contributed by atoms with E-state index in [1.807, 2.05) is 0 Å². The lowest BCUT2D eigenvalue weighted by atomic mass is 9.99. The zero-order valence-corrected chi connectivity index (χ0v) is 4.62. The lowest BCUT2D eigenvalue weighted by molar-refractivity contribution is 1.10. The van der Waals surface area contributed by atoms with Crippen LogP contribution < -0.4 is 0 Å². The molecular formula is C5H11B. The molecule has 0 spiro atoms. The van der Waals surface area contributed by atoms with Crippen molar-refractivity contribution < 1.29 is 0 Å². The fraction of sp³-hybridized carbons (Fsp3) is 0.600. The quantitative estimate of drug-likeness (QED) is 0.344. The summed E-state index contributed by atoms with van der Waals surface area (Å²) in [7, 11) is 2.16. The summed E-state index contributed by atoms with van der Waals surface area (Å²) >= 11 is 0. The van der Waals surface area contributed by atoms with Crippen molar-refractivity contribution in [3.05, 3.63) is 12.2 Å². The van der Waals surface area contributed by atoms with Crippen molar-refractivity contribution in [3.63, 3.8) is 0 Å². The third kappa shape index (κ3) is 3.80. The summed E-state index contributed by atoms with van der Waals surface area (Å²) in [6.45, 7) is 5.80. The molecule has 0 fully saturated rings. The minimum absolute atomic E-state index is 1.18. The van der Waals surface area contributed by atoms with Gasteiger partial charge in [-0.05, 0) is 13.3 Å². The minimum Gasteiger partial charge on any atom is -0.100 e. The number of hydrogen-bond donors (Lipinski definition) is 0. The monoisotopic (exact) mass is 82.1 g/mol. The number of allylic oxidation sites excluding steroid dienone is 1. The first-order valence-electron chi connectivity index (χ1n) is 2.41. The van der Waals surface area contributed by atoms with Gasteiger partial charge in [0, 0.05) is 0 Å². The molecule has 0 amide bonds. The molecule has 6 heavy (non-hydrogen) atoms. The second kappa shape index (κ2) is 3.01. The van der Waals surface area contributed by atoms with Crippen LogP contribution in [0.4, 0.5) is 0 Å². The first-order chi connectivity index (χ1) is 2.77. The van der Waals surface area contributed by atoms with Crippen molar-refractivity contribution in [2.24, 2.45) is 0 Å². The molecule has 0 heterocycles. The molecule has 0 aliphatic carbocycles. The SMILES string of the molecule is BCCC(=C)C. The molecule has 0 aromatic carbocycles. The summed E-state index contributed by atoms with van der Waals surface area (Å²) in [4.78, 5) is 0. The average Bonchev–Trinajstić information content (AvgIpc) is 1.35. The van der Waals surface area contributed by atoms with E-state index >= 15 is 0 Å². The summed E-state index contributed by atoms with van der Waals surface area (Å²) in [5, 5.41) is 0. The molecule has 0 saturated carbocycles. The molecule has 0 nitrogen and oxygen atoms in total. The van der Waals surface area contributed by atoms with E-state index in [9.17, 15) is 0 Å². The van der Waals surface area contributed by atoms with Gasteiger partial charge in [-0.1, -0.05) is 11.9 Å². The average molecular weight is 82.0 g/mol. The molecule has 0 saturated heterocycles. The molecule has 0 aliphatic heterocycles. The van der Waals surface area contributed by atoms with Crippen molar-refractivity contribution in [1.29, 1.82) is 0 Å². The molecule has 0 aliphatic rings. The Bertz CT molecular complexity index is 47.9. The van der Waals surface area contributed by atoms with Gasteiger partial charge in [0.25, 0.3) is 0 Å². The van der Waals surface area contributed by atoms with Crippen molar-refractivity contribution in [1.82, 2.24) is 0 Å². The third-order valence-corrected chi connectivity index (χ3v) is 0.677. The largest absolute Gasteiger partial charge is 0.101 e. The highest BCUT2D eigenvalue weighted by Crippen LogP contribution is 1.95. The van der Waals surface area contributed by atoms with Crippen molar-refractivity contribution in [2.45, 2.75) is 19.7 Å². The van der Waals surface area contributed by atoms with Crippen LogP contribution in [0.2, 0.25) is 6.32 Å². The minimum atomic E-state index is 1.18. The Hall–Kier alpha value is -0.195. The molecule has 0 atom stereocenters. The van der Waals surface area contributed by atoms with Crippen LogP contribution in [0.1, 0.15) is 13.3 Å². The van der Waals surface area contributed by atoms with E-state index in [0.29, 0.717) is 0 Å². The van der Waals surface area contributed by atoms with E-state index in [1.54, 1.807) is 0 Å². The van der Waals surface area contributed by atoms with Gasteiger partial charge in [0.05, 0.1) is 0 Å². The van der Waals surface area contributed by atoms with E-state index in [-0.39, 0.29) is 0 Å². The van der Waals surface area contributed by atoms with Gasteiger partial charge < -0.3 is 0 Å². The van der Waals surface area contributed by atoms with E-state index < -0.39 is 0 Å². The fourth-order valence-electron chi connectivity index (χ4n) is 0.427. The van der Waals surface area contributed by atoms with E-state index in [1.165, 1.54) is 18.3 Å². The first-order valence-corrected chi connectivity index (χ1v) is 2.41. The summed E-state index contributed by atoms with van der Waals surface area (Å²) in [5.41, 5.74) is 1.29. The molecule has 0 unspecified atom stereocenters. The Kier molecular flexibility index (Phi) is 2.92. The van der Waals surface area contributed by atoms with Gasteiger partial charge >= 0.3 is 0 Å².